The number of halogens is 2. The topological polar surface area (TPSA) is 120 Å². The van der Waals surface area contributed by atoms with Crippen LogP contribution in [-0.4, -0.2) is 16.1 Å². The van der Waals surface area contributed by atoms with Crippen molar-refractivity contribution in [3.8, 4) is 5.75 Å². The number of hydrogen-bond donors (Lipinski definition) is 1. The minimum atomic E-state index is -0.720. The van der Waals surface area contributed by atoms with Crippen molar-refractivity contribution in [3.05, 3.63) is 102 Å². The first-order valence-corrected chi connectivity index (χ1v) is 9.48. The predicted octanol–water partition coefficient (Wildman–Crippen LogP) is 5.83. The van der Waals surface area contributed by atoms with Crippen molar-refractivity contribution in [2.75, 3.05) is 5.43 Å². The Bertz CT molecular complexity index is 1130. The number of hydrogen-bond acceptors (Lipinski definition) is 7. The van der Waals surface area contributed by atoms with Gasteiger partial charge in [-0.15, -0.1) is 0 Å². The number of nitro groups is 2. The lowest BCUT2D eigenvalue weighted by Gasteiger charge is -2.09. The van der Waals surface area contributed by atoms with E-state index in [2.05, 4.69) is 10.5 Å². The van der Waals surface area contributed by atoms with Crippen molar-refractivity contribution in [2.45, 2.75) is 6.61 Å². The van der Waals surface area contributed by atoms with Gasteiger partial charge in [0.2, 0.25) is 0 Å². The summed E-state index contributed by atoms with van der Waals surface area (Å²) in [7, 11) is 0. The monoisotopic (exact) mass is 460 g/mol. The number of benzene rings is 3. The molecule has 0 aliphatic rings. The van der Waals surface area contributed by atoms with Gasteiger partial charge >= 0.3 is 5.69 Å². The number of ether oxygens (including phenoxy) is 1. The van der Waals surface area contributed by atoms with Crippen molar-refractivity contribution in [1.29, 1.82) is 0 Å². The maximum absolute atomic E-state index is 11.1. The van der Waals surface area contributed by atoms with Gasteiger partial charge in [0, 0.05) is 21.7 Å². The third-order valence-electron chi connectivity index (χ3n) is 4.11. The lowest BCUT2D eigenvalue weighted by atomic mass is 10.2. The van der Waals surface area contributed by atoms with Crippen LogP contribution in [0.5, 0.6) is 5.75 Å². The van der Waals surface area contributed by atoms with Crippen LogP contribution in [0.2, 0.25) is 10.0 Å². The number of nitrogens with one attached hydrogen (secondary N) is 1. The van der Waals surface area contributed by atoms with Crippen LogP contribution in [0, 0.1) is 20.2 Å². The number of rotatable bonds is 8. The maximum Gasteiger partial charge on any atom is 0.301 e. The molecule has 31 heavy (non-hydrogen) atoms. The second-order valence-corrected chi connectivity index (χ2v) is 6.96. The summed E-state index contributed by atoms with van der Waals surface area (Å²) in [6, 6.07) is 15.4. The summed E-state index contributed by atoms with van der Waals surface area (Å²) in [6.45, 7) is 0.206. The lowest BCUT2D eigenvalue weighted by Crippen LogP contribution is -1.99. The number of nitrogens with zero attached hydrogens (tertiary/aromatic N) is 3. The molecule has 0 fully saturated rings. The largest absolute Gasteiger partial charge is 0.489 e. The standard InChI is InChI=1S/C20H14Cl2N4O5/c21-17-2-1-3-18(22)16(17)12-31-15-7-4-13(5-8-15)11-23-24-19-9-6-14(25(27)28)10-20(19)26(29)30/h1-11,24H,12H2/b23-11-. The van der Waals surface area contributed by atoms with Crippen molar-refractivity contribution in [1.82, 2.24) is 0 Å². The minimum Gasteiger partial charge on any atom is -0.489 e. The second-order valence-electron chi connectivity index (χ2n) is 6.14. The Morgan fingerprint density at radius 3 is 2.26 bits per heavy atom. The first-order chi connectivity index (χ1) is 14.8. The van der Waals surface area contributed by atoms with E-state index in [-0.39, 0.29) is 18.0 Å². The number of nitro benzene ring substituents is 2. The molecule has 0 aromatic heterocycles. The van der Waals surface area contributed by atoms with Crippen LogP contribution in [-0.2, 0) is 6.61 Å². The van der Waals surface area contributed by atoms with E-state index >= 15 is 0 Å². The zero-order chi connectivity index (χ0) is 22.4. The molecule has 0 saturated carbocycles. The summed E-state index contributed by atoms with van der Waals surface area (Å²) in [5.74, 6) is 0.590. The second kappa shape index (κ2) is 9.88. The van der Waals surface area contributed by atoms with Crippen LogP contribution in [0.1, 0.15) is 11.1 Å². The fraction of sp³-hybridized carbons (Fsp3) is 0.0500. The number of hydrazone groups is 1. The van der Waals surface area contributed by atoms with E-state index in [1.54, 1.807) is 42.5 Å². The van der Waals surface area contributed by atoms with Gasteiger partial charge in [0.1, 0.15) is 18.0 Å². The van der Waals surface area contributed by atoms with Crippen molar-refractivity contribution in [3.63, 3.8) is 0 Å². The highest BCUT2D eigenvalue weighted by atomic mass is 35.5. The lowest BCUT2D eigenvalue weighted by molar-refractivity contribution is -0.393. The molecular weight excluding hydrogens is 447 g/mol. The van der Waals surface area contributed by atoms with Gasteiger partial charge in [-0.25, -0.2) is 0 Å². The molecule has 0 atom stereocenters. The minimum absolute atomic E-state index is 0.0309. The maximum atomic E-state index is 11.1. The number of non-ortho nitro benzene ring substituents is 1. The molecule has 0 unspecified atom stereocenters. The van der Waals surface area contributed by atoms with E-state index < -0.39 is 15.5 Å². The fourth-order valence-corrected chi connectivity index (χ4v) is 3.04. The molecule has 3 aromatic carbocycles. The van der Waals surface area contributed by atoms with Crippen LogP contribution in [0.25, 0.3) is 0 Å². The molecule has 3 rings (SSSR count). The highest BCUT2D eigenvalue weighted by Crippen LogP contribution is 2.29. The molecule has 0 bridgehead atoms. The highest BCUT2D eigenvalue weighted by Gasteiger charge is 2.19. The SMILES string of the molecule is O=[N+]([O-])c1ccc(N/N=C\c2ccc(OCc3c(Cl)cccc3Cl)cc2)c([N+](=O)[O-])c1. The molecule has 0 aliphatic carbocycles. The summed E-state index contributed by atoms with van der Waals surface area (Å²) in [5, 5.41) is 26.9. The van der Waals surface area contributed by atoms with E-state index in [0.717, 1.165) is 12.1 Å². The van der Waals surface area contributed by atoms with Gasteiger partial charge in [0.05, 0.1) is 22.1 Å². The van der Waals surface area contributed by atoms with Crippen LogP contribution in [0.3, 0.4) is 0 Å². The Kier molecular flexibility index (Phi) is 7.01. The van der Waals surface area contributed by atoms with Gasteiger partial charge in [-0.1, -0.05) is 29.3 Å². The summed E-state index contributed by atoms with van der Waals surface area (Å²) in [5.41, 5.74) is 3.11. The fourth-order valence-electron chi connectivity index (χ4n) is 2.53. The first kappa shape index (κ1) is 22.0. The van der Waals surface area contributed by atoms with Crippen LogP contribution in [0.15, 0.2) is 65.8 Å². The molecule has 3 aromatic rings. The molecule has 1 N–H and O–H groups in total. The molecule has 0 aliphatic heterocycles. The first-order valence-electron chi connectivity index (χ1n) is 8.73. The Balaban J connectivity index is 1.64. The average Bonchev–Trinajstić information content (AvgIpc) is 2.74. The summed E-state index contributed by atoms with van der Waals surface area (Å²) < 4.78 is 5.70. The normalized spacial score (nSPS) is 10.8. The Hall–Kier alpha value is -3.69. The van der Waals surface area contributed by atoms with Crippen LogP contribution in [0.4, 0.5) is 17.1 Å². The van der Waals surface area contributed by atoms with Gasteiger partial charge in [0.15, 0.2) is 0 Å². The number of anilines is 1. The van der Waals surface area contributed by atoms with Crippen LogP contribution < -0.4 is 10.2 Å². The Morgan fingerprint density at radius 1 is 0.968 bits per heavy atom. The molecule has 0 saturated heterocycles. The zero-order valence-corrected chi connectivity index (χ0v) is 17.2. The summed E-state index contributed by atoms with van der Waals surface area (Å²) in [6.07, 6.45) is 1.44. The average molecular weight is 461 g/mol. The van der Waals surface area contributed by atoms with E-state index in [1.807, 2.05) is 0 Å². The van der Waals surface area contributed by atoms with E-state index in [9.17, 15) is 20.2 Å². The summed E-state index contributed by atoms with van der Waals surface area (Å²) >= 11 is 12.2. The van der Waals surface area contributed by atoms with Crippen molar-refractivity contribution >= 4 is 46.5 Å². The van der Waals surface area contributed by atoms with Gasteiger partial charge in [0.25, 0.3) is 5.69 Å². The van der Waals surface area contributed by atoms with Crippen molar-refractivity contribution < 1.29 is 14.6 Å². The van der Waals surface area contributed by atoms with Crippen LogP contribution >= 0.6 is 23.2 Å². The van der Waals surface area contributed by atoms with Gasteiger partial charge in [-0.2, -0.15) is 5.10 Å². The third kappa shape index (κ3) is 5.68. The molecule has 0 radical (unpaired) electrons. The predicted molar refractivity (Wildman–Crippen MR) is 118 cm³/mol. The van der Waals surface area contributed by atoms with Gasteiger partial charge in [-0.3, -0.25) is 25.7 Å². The molecule has 9 nitrogen and oxygen atoms in total. The van der Waals surface area contributed by atoms with E-state index in [0.29, 0.717) is 26.9 Å². The molecule has 0 heterocycles. The smallest absolute Gasteiger partial charge is 0.301 e. The zero-order valence-electron chi connectivity index (χ0n) is 15.7. The Labute approximate surface area is 186 Å². The van der Waals surface area contributed by atoms with Crippen molar-refractivity contribution in [2.24, 2.45) is 5.10 Å². The summed E-state index contributed by atoms with van der Waals surface area (Å²) in [4.78, 5) is 20.5. The van der Waals surface area contributed by atoms with Gasteiger partial charge < -0.3 is 4.74 Å². The van der Waals surface area contributed by atoms with E-state index in [4.69, 9.17) is 27.9 Å². The molecule has 0 spiro atoms. The Morgan fingerprint density at radius 2 is 1.65 bits per heavy atom. The molecule has 158 valence electrons. The molecular formula is C20H14Cl2N4O5. The highest BCUT2D eigenvalue weighted by molar-refractivity contribution is 6.35. The van der Waals surface area contributed by atoms with E-state index in [1.165, 1.54) is 12.3 Å². The van der Waals surface area contributed by atoms with Gasteiger partial charge in [-0.05, 0) is 48.0 Å². The molecule has 0 amide bonds. The quantitative estimate of drug-likeness (QED) is 0.256. The molecule has 11 heteroatoms. The third-order valence-corrected chi connectivity index (χ3v) is 4.82.